The lowest BCUT2D eigenvalue weighted by molar-refractivity contribution is 0.112. The van der Waals surface area contributed by atoms with Crippen LogP contribution in [0, 0.1) is 0 Å². The molecule has 1 N–H and O–H groups in total. The fraction of sp³-hybridized carbons (Fsp3) is 0.552. The van der Waals surface area contributed by atoms with E-state index in [-0.39, 0.29) is 6.61 Å². The number of hydrogen-bond donors (Lipinski definition) is 1. The molecule has 0 saturated carbocycles. The van der Waals surface area contributed by atoms with Gasteiger partial charge in [-0.3, -0.25) is 4.79 Å². The molecule has 4 rings (SSSR count). The van der Waals surface area contributed by atoms with E-state index in [9.17, 15) is 4.79 Å². The molecule has 3 aromatic heterocycles. The zero-order valence-corrected chi connectivity index (χ0v) is 30.9. The number of alkyl halides is 1. The summed E-state index contributed by atoms with van der Waals surface area (Å²) in [6.07, 6.45) is 6.78. The van der Waals surface area contributed by atoms with E-state index in [2.05, 4.69) is 80.7 Å². The van der Waals surface area contributed by atoms with Gasteiger partial charge in [-0.15, -0.1) is 34.0 Å². The monoisotopic (exact) mass is 804 g/mol. The summed E-state index contributed by atoms with van der Waals surface area (Å²) in [5.74, 6) is 0. The van der Waals surface area contributed by atoms with Crippen LogP contribution in [-0.4, -0.2) is 43.2 Å². The summed E-state index contributed by atoms with van der Waals surface area (Å²) < 4.78 is 17.9. The normalized spacial score (nSPS) is 11.6. The van der Waals surface area contributed by atoms with Crippen molar-refractivity contribution in [3.05, 3.63) is 63.5 Å². The van der Waals surface area contributed by atoms with Gasteiger partial charge in [-0.1, -0.05) is 36.7 Å². The van der Waals surface area contributed by atoms with Gasteiger partial charge in [0, 0.05) is 46.4 Å². The van der Waals surface area contributed by atoms with Gasteiger partial charge in [-0.25, -0.2) is 0 Å². The van der Waals surface area contributed by atoms with Crippen molar-refractivity contribution >= 4 is 88.1 Å². The quantitative estimate of drug-likeness (QED) is 0.119. The Morgan fingerprint density at radius 1 is 0.800 bits per heavy atom. The van der Waals surface area contributed by atoms with Gasteiger partial charge in [0.1, 0.15) is 0 Å². The van der Waals surface area contributed by atoms with E-state index in [0.717, 1.165) is 75.9 Å². The molecule has 1 saturated heterocycles. The second kappa shape index (κ2) is 29.1. The lowest BCUT2D eigenvalue weighted by Gasteiger charge is -1.97. The van der Waals surface area contributed by atoms with Gasteiger partial charge in [0.25, 0.3) is 0 Å². The maximum absolute atomic E-state index is 10.3. The average Bonchev–Trinajstić information content (AvgIpc) is 3.80. The number of carbonyl (C=O) groups is 1. The van der Waals surface area contributed by atoms with E-state index in [1.807, 2.05) is 24.3 Å². The van der Waals surface area contributed by atoms with Crippen molar-refractivity contribution in [3.63, 3.8) is 0 Å². The first kappa shape index (κ1) is 40.1. The summed E-state index contributed by atoms with van der Waals surface area (Å²) in [6, 6.07) is 11.7. The van der Waals surface area contributed by atoms with Crippen molar-refractivity contribution in [2.75, 3.05) is 31.8 Å². The molecule has 0 unspecified atom stereocenters. The van der Waals surface area contributed by atoms with Crippen molar-refractivity contribution in [1.82, 2.24) is 0 Å². The molecule has 3 aromatic rings. The smallest absolute Gasteiger partial charge is 0.160 e. The van der Waals surface area contributed by atoms with Crippen LogP contribution in [0.2, 0.25) is 0 Å². The molecular weight excluding hydrogens is 764 g/mol. The average molecular weight is 808 g/mol. The Morgan fingerprint density at radius 2 is 1.27 bits per heavy atom. The van der Waals surface area contributed by atoms with E-state index in [0.29, 0.717) is 6.61 Å². The minimum absolute atomic E-state index is 0.149. The topological polar surface area (TPSA) is 65.0 Å². The Labute approximate surface area is 278 Å². The molecule has 228 valence electrons. The van der Waals surface area contributed by atoms with Crippen LogP contribution in [0.4, 0.5) is 0 Å². The number of aliphatic hydroxyl groups is 1. The lowest BCUT2D eigenvalue weighted by Crippen LogP contribution is -1.90. The predicted molar refractivity (Wildman–Crippen MR) is 184 cm³/mol. The number of thiophene rings is 3. The number of ether oxygens (including phenoxy) is 3. The number of halogens is 3. The Kier molecular flexibility index (Phi) is 29.2. The van der Waals surface area contributed by atoms with E-state index >= 15 is 0 Å². The lowest BCUT2D eigenvalue weighted by atomic mass is 10.4. The SMILES string of the molecule is C1CCOC1.CCCBr.CCCOCc1ccc(Br)s1.CCCOCc1ccc(C=O)s1.OCc1ccc(Br)s1. The van der Waals surface area contributed by atoms with E-state index in [4.69, 9.17) is 19.3 Å². The molecular formula is C29H43Br3O5S3. The Morgan fingerprint density at radius 3 is 1.57 bits per heavy atom. The Balaban J connectivity index is 0.000000501. The molecule has 0 bridgehead atoms. The third kappa shape index (κ3) is 23.6. The van der Waals surface area contributed by atoms with E-state index in [1.54, 1.807) is 22.7 Å². The zero-order valence-electron chi connectivity index (χ0n) is 23.7. The maximum atomic E-state index is 10.3. The first-order valence-corrected chi connectivity index (χ1v) is 18.5. The second-order valence-corrected chi connectivity index (χ2v) is 15.2. The van der Waals surface area contributed by atoms with Crippen LogP contribution in [-0.2, 0) is 34.0 Å². The molecule has 0 amide bonds. The van der Waals surface area contributed by atoms with Gasteiger partial charge in [0.2, 0.25) is 0 Å². The highest BCUT2D eigenvalue weighted by Crippen LogP contribution is 2.22. The molecule has 0 aliphatic carbocycles. The highest BCUT2D eigenvalue weighted by Gasteiger charge is 1.98. The van der Waals surface area contributed by atoms with Crippen LogP contribution in [0.25, 0.3) is 0 Å². The molecule has 0 spiro atoms. The second-order valence-electron chi connectivity index (χ2n) is 8.11. The third-order valence-corrected chi connectivity index (χ3v) is 9.40. The third-order valence-electron chi connectivity index (χ3n) is 4.41. The summed E-state index contributed by atoms with van der Waals surface area (Å²) in [5, 5.41) is 9.67. The first-order chi connectivity index (χ1) is 19.4. The van der Waals surface area contributed by atoms with Crippen molar-refractivity contribution in [1.29, 1.82) is 0 Å². The zero-order chi connectivity index (χ0) is 29.8. The van der Waals surface area contributed by atoms with Gasteiger partial charge < -0.3 is 19.3 Å². The largest absolute Gasteiger partial charge is 0.391 e. The molecule has 4 heterocycles. The Hall–Kier alpha value is 0.0500. The maximum Gasteiger partial charge on any atom is 0.160 e. The molecule has 40 heavy (non-hydrogen) atoms. The minimum Gasteiger partial charge on any atom is -0.391 e. The van der Waals surface area contributed by atoms with Crippen molar-refractivity contribution in [3.8, 4) is 0 Å². The molecule has 0 radical (unpaired) electrons. The minimum atomic E-state index is 0.149. The fourth-order valence-electron chi connectivity index (χ4n) is 2.55. The summed E-state index contributed by atoms with van der Waals surface area (Å²) in [5.41, 5.74) is 0. The molecule has 5 nitrogen and oxygen atoms in total. The van der Waals surface area contributed by atoms with Gasteiger partial charge in [0.15, 0.2) is 6.29 Å². The molecule has 0 atom stereocenters. The molecule has 11 heteroatoms. The standard InChI is InChI=1S/C9H12O2S.C8H11BrOS.C5H5BrOS.C4H8O.C3H7Br/c1-2-5-11-7-9-4-3-8(6-10)12-9;1-2-5-10-6-7-3-4-8(9)11-7;6-5-2-1-4(3-7)8-5;1-2-4-5-3-1;1-2-3-4/h3-4,6H,2,5,7H2,1H3;3-4H,2,5-6H2,1H3;1-2,7H,3H2;1-4H2;2-3H2,1H3. The highest BCUT2D eigenvalue weighted by molar-refractivity contribution is 9.11. The number of aldehydes is 1. The van der Waals surface area contributed by atoms with Crippen LogP contribution in [0.5, 0.6) is 0 Å². The summed E-state index contributed by atoms with van der Waals surface area (Å²) >= 11 is 14.7. The number of carbonyl (C=O) groups excluding carboxylic acids is 1. The van der Waals surface area contributed by atoms with Gasteiger partial charge in [-0.05, 0) is 100 Å². The van der Waals surface area contributed by atoms with E-state index < -0.39 is 0 Å². The number of hydrogen-bond acceptors (Lipinski definition) is 8. The summed E-state index contributed by atoms with van der Waals surface area (Å²) in [4.78, 5) is 14.5. The first-order valence-electron chi connectivity index (χ1n) is 13.4. The highest BCUT2D eigenvalue weighted by atomic mass is 79.9. The van der Waals surface area contributed by atoms with Crippen molar-refractivity contribution in [2.24, 2.45) is 0 Å². The number of aliphatic hydroxyl groups excluding tert-OH is 1. The van der Waals surface area contributed by atoms with Gasteiger partial charge in [-0.2, -0.15) is 0 Å². The van der Waals surface area contributed by atoms with Gasteiger partial charge in [0.05, 0.1) is 32.3 Å². The van der Waals surface area contributed by atoms with Crippen LogP contribution < -0.4 is 0 Å². The molecule has 1 aliphatic rings. The summed E-state index contributed by atoms with van der Waals surface area (Å²) in [7, 11) is 0. The summed E-state index contributed by atoms with van der Waals surface area (Å²) in [6.45, 7) is 11.5. The predicted octanol–water partition coefficient (Wildman–Crippen LogP) is 10.5. The van der Waals surface area contributed by atoms with Gasteiger partial charge >= 0.3 is 0 Å². The van der Waals surface area contributed by atoms with Crippen LogP contribution >= 0.6 is 81.8 Å². The number of rotatable bonds is 11. The molecule has 1 aliphatic heterocycles. The van der Waals surface area contributed by atoms with Crippen LogP contribution in [0.15, 0.2) is 44.0 Å². The molecule has 1 fully saturated rings. The van der Waals surface area contributed by atoms with Crippen molar-refractivity contribution < 1.29 is 24.1 Å². The Bertz CT molecular complexity index is 949. The van der Waals surface area contributed by atoms with E-state index in [1.165, 1.54) is 39.3 Å². The van der Waals surface area contributed by atoms with Crippen LogP contribution in [0.1, 0.15) is 77.2 Å². The molecule has 0 aromatic carbocycles. The fourth-order valence-corrected chi connectivity index (χ4v) is 6.08. The van der Waals surface area contributed by atoms with Crippen molar-refractivity contribution in [2.45, 2.75) is 72.7 Å². The van der Waals surface area contributed by atoms with Crippen LogP contribution in [0.3, 0.4) is 0 Å².